The van der Waals surface area contributed by atoms with E-state index in [9.17, 15) is 4.79 Å². The van der Waals surface area contributed by atoms with Crippen LogP contribution in [-0.2, 0) is 4.79 Å². The quantitative estimate of drug-likeness (QED) is 0.645. The number of amides is 1. The summed E-state index contributed by atoms with van der Waals surface area (Å²) < 4.78 is 0. The summed E-state index contributed by atoms with van der Waals surface area (Å²) in [7, 11) is 0. The third-order valence-electron chi connectivity index (χ3n) is 3.65. The molecular weight excluding hydrogens is 284 g/mol. The lowest BCUT2D eigenvalue weighted by molar-refractivity contribution is -0.110. The molecule has 1 aliphatic heterocycles. The van der Waals surface area contributed by atoms with Gasteiger partial charge in [-0.1, -0.05) is 23.7 Å². The van der Waals surface area contributed by atoms with Crippen molar-refractivity contribution in [3.63, 3.8) is 0 Å². The number of hydrogen-bond donors (Lipinski definition) is 2. The van der Waals surface area contributed by atoms with Gasteiger partial charge in [-0.05, 0) is 47.4 Å². The topological polar surface area (TPSA) is 44.9 Å². The Morgan fingerprint density at radius 1 is 1.05 bits per heavy atom. The van der Waals surface area contributed by atoms with Crippen LogP contribution in [0.5, 0.6) is 0 Å². The van der Waals surface area contributed by atoms with E-state index in [0.717, 1.165) is 27.7 Å². The molecule has 0 saturated carbocycles. The highest BCUT2D eigenvalue weighted by atomic mass is 35.5. The molecular formula is C17H11ClN2O. The summed E-state index contributed by atoms with van der Waals surface area (Å²) in [6.45, 7) is 0. The van der Waals surface area contributed by atoms with Gasteiger partial charge in [0, 0.05) is 27.9 Å². The second-order valence-electron chi connectivity index (χ2n) is 5.03. The first kappa shape index (κ1) is 12.2. The van der Waals surface area contributed by atoms with Crippen LogP contribution < -0.4 is 5.32 Å². The van der Waals surface area contributed by atoms with Gasteiger partial charge < -0.3 is 10.3 Å². The fourth-order valence-corrected chi connectivity index (χ4v) is 2.81. The fraction of sp³-hybridized carbons (Fsp3) is 0. The van der Waals surface area contributed by atoms with E-state index < -0.39 is 0 Å². The lowest BCUT2D eigenvalue weighted by Gasteiger charge is -2.00. The molecule has 3 nitrogen and oxygen atoms in total. The van der Waals surface area contributed by atoms with E-state index in [1.807, 2.05) is 36.5 Å². The Bertz CT molecular complexity index is 908. The largest absolute Gasteiger partial charge is 0.361 e. The van der Waals surface area contributed by atoms with E-state index in [0.29, 0.717) is 10.6 Å². The number of carbonyl (C=O) groups is 1. The second kappa shape index (κ2) is 4.50. The van der Waals surface area contributed by atoms with Crippen molar-refractivity contribution in [1.29, 1.82) is 0 Å². The van der Waals surface area contributed by atoms with Crippen LogP contribution in [0.3, 0.4) is 0 Å². The molecule has 0 aliphatic carbocycles. The van der Waals surface area contributed by atoms with Gasteiger partial charge in [0.2, 0.25) is 0 Å². The monoisotopic (exact) mass is 294 g/mol. The van der Waals surface area contributed by atoms with Crippen LogP contribution in [0.1, 0.15) is 11.1 Å². The van der Waals surface area contributed by atoms with Crippen molar-refractivity contribution in [3.05, 3.63) is 64.8 Å². The summed E-state index contributed by atoms with van der Waals surface area (Å²) in [6, 6.07) is 13.5. The predicted octanol–water partition coefficient (Wildman–Crippen LogP) is 4.31. The standard InChI is InChI=1S/C17H11ClN2O/c18-12-2-3-13-14(17(21)20-16(13)9-12)8-10-1-4-15-11(7-10)5-6-19-15/h1-9,19H,(H,20,21). The normalized spacial score (nSPS) is 15.5. The maximum absolute atomic E-state index is 12.1. The van der Waals surface area contributed by atoms with Gasteiger partial charge in [0.25, 0.3) is 5.91 Å². The smallest absolute Gasteiger partial charge is 0.256 e. The van der Waals surface area contributed by atoms with Gasteiger partial charge in [-0.3, -0.25) is 4.79 Å². The molecule has 0 fully saturated rings. The molecule has 2 heterocycles. The molecule has 1 aromatic heterocycles. The van der Waals surface area contributed by atoms with E-state index in [1.54, 1.807) is 12.1 Å². The van der Waals surface area contributed by atoms with Crippen LogP contribution in [-0.4, -0.2) is 10.9 Å². The van der Waals surface area contributed by atoms with E-state index >= 15 is 0 Å². The number of fused-ring (bicyclic) bond motifs is 2. The maximum atomic E-state index is 12.1. The molecule has 1 amide bonds. The number of carbonyl (C=O) groups excluding carboxylic acids is 1. The molecule has 0 unspecified atom stereocenters. The van der Waals surface area contributed by atoms with Crippen LogP contribution in [0, 0.1) is 0 Å². The van der Waals surface area contributed by atoms with Crippen molar-refractivity contribution >= 4 is 45.7 Å². The molecule has 1 aliphatic rings. The number of aromatic amines is 1. The zero-order valence-electron chi connectivity index (χ0n) is 11.0. The molecule has 4 rings (SSSR count). The SMILES string of the molecule is O=C1Nc2cc(Cl)ccc2C1=Cc1ccc2[nH]ccc2c1. The van der Waals surface area contributed by atoms with Gasteiger partial charge in [-0.15, -0.1) is 0 Å². The Hall–Kier alpha value is -2.52. The molecule has 4 heteroatoms. The lowest BCUT2D eigenvalue weighted by atomic mass is 10.0. The first-order valence-corrected chi connectivity index (χ1v) is 6.99. The highest BCUT2D eigenvalue weighted by Gasteiger charge is 2.23. The van der Waals surface area contributed by atoms with Gasteiger partial charge in [0.05, 0.1) is 5.69 Å². The molecule has 0 spiro atoms. The van der Waals surface area contributed by atoms with Crippen LogP contribution in [0.15, 0.2) is 48.7 Å². The first-order valence-electron chi connectivity index (χ1n) is 6.61. The van der Waals surface area contributed by atoms with Crippen molar-refractivity contribution in [2.45, 2.75) is 0 Å². The second-order valence-corrected chi connectivity index (χ2v) is 5.46. The molecule has 0 saturated heterocycles. The summed E-state index contributed by atoms with van der Waals surface area (Å²) in [6.07, 6.45) is 3.81. The van der Waals surface area contributed by atoms with Crippen molar-refractivity contribution in [2.24, 2.45) is 0 Å². The molecule has 0 bridgehead atoms. The Morgan fingerprint density at radius 3 is 2.86 bits per heavy atom. The van der Waals surface area contributed by atoms with Crippen molar-refractivity contribution in [1.82, 2.24) is 4.98 Å². The minimum absolute atomic E-state index is 0.0959. The summed E-state index contributed by atoms with van der Waals surface area (Å²) in [5.74, 6) is -0.0959. The Morgan fingerprint density at radius 2 is 1.95 bits per heavy atom. The van der Waals surface area contributed by atoms with Crippen molar-refractivity contribution < 1.29 is 4.79 Å². The van der Waals surface area contributed by atoms with Crippen LogP contribution in [0.25, 0.3) is 22.6 Å². The molecule has 2 aromatic carbocycles. The number of hydrogen-bond acceptors (Lipinski definition) is 1. The van der Waals surface area contributed by atoms with E-state index in [2.05, 4.69) is 16.4 Å². The number of H-pyrrole nitrogens is 1. The Kier molecular flexibility index (Phi) is 2.62. The first-order chi connectivity index (χ1) is 10.2. The summed E-state index contributed by atoms with van der Waals surface area (Å²) in [4.78, 5) is 15.3. The van der Waals surface area contributed by atoms with Crippen LogP contribution in [0.2, 0.25) is 5.02 Å². The summed E-state index contributed by atoms with van der Waals surface area (Å²) in [5.41, 5.74) is 4.40. The van der Waals surface area contributed by atoms with E-state index in [4.69, 9.17) is 11.6 Å². The zero-order valence-corrected chi connectivity index (χ0v) is 11.7. The van der Waals surface area contributed by atoms with Crippen molar-refractivity contribution in [3.8, 4) is 0 Å². The molecule has 3 aromatic rings. The highest BCUT2D eigenvalue weighted by molar-refractivity contribution is 6.36. The van der Waals surface area contributed by atoms with Gasteiger partial charge in [-0.25, -0.2) is 0 Å². The molecule has 21 heavy (non-hydrogen) atoms. The average Bonchev–Trinajstić information content (AvgIpc) is 3.03. The average molecular weight is 295 g/mol. The van der Waals surface area contributed by atoms with Gasteiger partial charge in [0.15, 0.2) is 0 Å². The van der Waals surface area contributed by atoms with Gasteiger partial charge in [-0.2, -0.15) is 0 Å². The number of nitrogens with one attached hydrogen (secondary N) is 2. The van der Waals surface area contributed by atoms with Crippen molar-refractivity contribution in [2.75, 3.05) is 5.32 Å². The number of benzene rings is 2. The number of rotatable bonds is 1. The fourth-order valence-electron chi connectivity index (χ4n) is 2.64. The highest BCUT2D eigenvalue weighted by Crippen LogP contribution is 2.35. The number of aromatic nitrogens is 1. The number of anilines is 1. The molecule has 0 radical (unpaired) electrons. The van der Waals surface area contributed by atoms with Gasteiger partial charge >= 0.3 is 0 Å². The minimum atomic E-state index is -0.0959. The lowest BCUT2D eigenvalue weighted by Crippen LogP contribution is -2.03. The van der Waals surface area contributed by atoms with Gasteiger partial charge in [0.1, 0.15) is 0 Å². The molecule has 102 valence electrons. The summed E-state index contributed by atoms with van der Waals surface area (Å²) >= 11 is 5.96. The third-order valence-corrected chi connectivity index (χ3v) is 3.89. The molecule has 2 N–H and O–H groups in total. The summed E-state index contributed by atoms with van der Waals surface area (Å²) in [5, 5.41) is 4.58. The predicted molar refractivity (Wildman–Crippen MR) is 86.3 cm³/mol. The van der Waals surface area contributed by atoms with Crippen LogP contribution in [0.4, 0.5) is 5.69 Å². The Labute approximate surface area is 126 Å². The number of halogens is 1. The van der Waals surface area contributed by atoms with E-state index in [1.165, 1.54) is 0 Å². The maximum Gasteiger partial charge on any atom is 0.256 e. The van der Waals surface area contributed by atoms with E-state index in [-0.39, 0.29) is 5.91 Å². The molecule has 0 atom stereocenters. The minimum Gasteiger partial charge on any atom is -0.361 e. The third kappa shape index (κ3) is 2.03. The Balaban J connectivity index is 1.84. The zero-order chi connectivity index (χ0) is 14.4. The van der Waals surface area contributed by atoms with Crippen LogP contribution >= 0.6 is 11.6 Å².